The summed E-state index contributed by atoms with van der Waals surface area (Å²) in [6.45, 7) is 2.48. The molecule has 0 spiro atoms. The Hall–Kier alpha value is -3.37. The Kier molecular flexibility index (Phi) is 7.13. The Morgan fingerprint density at radius 3 is 2.43 bits per heavy atom. The maximum atomic E-state index is 12.1. The molecule has 0 aliphatic rings. The summed E-state index contributed by atoms with van der Waals surface area (Å²) >= 11 is 5.91. The molecule has 0 aliphatic heterocycles. The molecule has 0 heterocycles. The van der Waals surface area contributed by atoms with Crippen molar-refractivity contribution in [3.8, 4) is 11.8 Å². The van der Waals surface area contributed by atoms with Gasteiger partial charge in [-0.1, -0.05) is 11.6 Å². The van der Waals surface area contributed by atoms with Crippen LogP contribution in [0.15, 0.2) is 42.5 Å². The van der Waals surface area contributed by atoms with Crippen molar-refractivity contribution in [3.63, 3.8) is 0 Å². The van der Waals surface area contributed by atoms with Gasteiger partial charge in [0.2, 0.25) is 0 Å². The van der Waals surface area contributed by atoms with Gasteiger partial charge in [0.1, 0.15) is 11.8 Å². The first-order chi connectivity index (χ1) is 13.3. The second kappa shape index (κ2) is 9.53. The number of carbonyl (C=O) groups excluding carboxylic acids is 3. The van der Waals surface area contributed by atoms with E-state index in [9.17, 15) is 14.4 Å². The lowest BCUT2D eigenvalue weighted by Crippen LogP contribution is -2.31. The molecular weight excluding hydrogens is 384 g/mol. The van der Waals surface area contributed by atoms with Crippen molar-refractivity contribution in [3.05, 3.63) is 58.6 Å². The number of esters is 1. The fourth-order valence-corrected chi connectivity index (χ4v) is 2.36. The van der Waals surface area contributed by atoms with E-state index < -0.39 is 18.0 Å². The van der Waals surface area contributed by atoms with E-state index in [1.165, 1.54) is 32.0 Å². The fourth-order valence-electron chi connectivity index (χ4n) is 2.14. The lowest BCUT2D eigenvalue weighted by molar-refractivity contribution is -0.155. The first-order valence-electron chi connectivity index (χ1n) is 8.24. The van der Waals surface area contributed by atoms with Crippen molar-refractivity contribution in [2.45, 2.75) is 20.0 Å². The first-order valence-corrected chi connectivity index (χ1v) is 8.61. The maximum Gasteiger partial charge on any atom is 0.344 e. The van der Waals surface area contributed by atoms with Crippen molar-refractivity contribution in [2.75, 3.05) is 11.9 Å². The fraction of sp³-hybridized carbons (Fsp3) is 0.200. The van der Waals surface area contributed by atoms with Gasteiger partial charge in [0.25, 0.3) is 5.91 Å². The number of nitrogens with zero attached hydrogens (tertiary/aromatic N) is 1. The van der Waals surface area contributed by atoms with Crippen LogP contribution in [0.4, 0.5) is 5.69 Å². The molecule has 1 amide bonds. The van der Waals surface area contributed by atoms with Gasteiger partial charge in [-0.05, 0) is 56.3 Å². The predicted octanol–water partition coefficient (Wildman–Crippen LogP) is 3.36. The number of hydrogen-bond acceptors (Lipinski definition) is 6. The molecule has 0 saturated heterocycles. The van der Waals surface area contributed by atoms with Crippen LogP contribution in [0.5, 0.6) is 5.75 Å². The van der Waals surface area contributed by atoms with Gasteiger partial charge >= 0.3 is 5.97 Å². The number of ketones is 1. The van der Waals surface area contributed by atoms with E-state index in [2.05, 4.69) is 5.32 Å². The van der Waals surface area contributed by atoms with Gasteiger partial charge < -0.3 is 14.8 Å². The minimum absolute atomic E-state index is 0.0747. The van der Waals surface area contributed by atoms with E-state index in [0.717, 1.165) is 0 Å². The molecule has 2 aromatic carbocycles. The third kappa shape index (κ3) is 5.83. The van der Waals surface area contributed by atoms with Gasteiger partial charge in [-0.15, -0.1) is 0 Å². The molecule has 144 valence electrons. The van der Waals surface area contributed by atoms with Crippen LogP contribution in [0.1, 0.15) is 29.8 Å². The van der Waals surface area contributed by atoms with Crippen molar-refractivity contribution in [1.29, 1.82) is 5.26 Å². The lowest BCUT2D eigenvalue weighted by atomic mass is 10.1. The Morgan fingerprint density at radius 2 is 1.86 bits per heavy atom. The van der Waals surface area contributed by atoms with Crippen LogP contribution < -0.4 is 10.1 Å². The van der Waals surface area contributed by atoms with E-state index in [1.54, 1.807) is 24.3 Å². The minimum atomic E-state index is -1.06. The lowest BCUT2D eigenvalue weighted by Gasteiger charge is -2.14. The molecule has 28 heavy (non-hydrogen) atoms. The number of Topliss-reactive ketones (excluding diaryl/α,β-unsaturated/α-hetero) is 1. The van der Waals surface area contributed by atoms with Crippen LogP contribution in [-0.4, -0.2) is 30.4 Å². The van der Waals surface area contributed by atoms with Crippen molar-refractivity contribution < 1.29 is 23.9 Å². The van der Waals surface area contributed by atoms with E-state index in [-0.39, 0.29) is 23.0 Å². The SMILES string of the molecule is CC(=O)c1ccc(OCC(=O)O[C@H](C)C(=O)Nc2ccc(C#N)c(Cl)c2)cc1. The highest BCUT2D eigenvalue weighted by atomic mass is 35.5. The number of ether oxygens (including phenoxy) is 2. The van der Waals surface area contributed by atoms with Crippen molar-refractivity contribution in [2.24, 2.45) is 0 Å². The van der Waals surface area contributed by atoms with Gasteiger partial charge in [-0.2, -0.15) is 5.26 Å². The molecule has 0 aliphatic carbocycles. The number of anilines is 1. The summed E-state index contributed by atoms with van der Waals surface area (Å²) in [5.74, 6) is -0.961. The number of rotatable bonds is 7. The zero-order chi connectivity index (χ0) is 20.7. The van der Waals surface area contributed by atoms with Gasteiger partial charge in [-0.3, -0.25) is 9.59 Å². The number of nitrogens with one attached hydrogen (secondary N) is 1. The maximum absolute atomic E-state index is 12.1. The van der Waals surface area contributed by atoms with Gasteiger partial charge in [0.05, 0.1) is 10.6 Å². The summed E-state index contributed by atoms with van der Waals surface area (Å²) in [4.78, 5) is 35.2. The molecule has 0 fully saturated rings. The molecule has 7 nitrogen and oxygen atoms in total. The predicted molar refractivity (Wildman–Crippen MR) is 102 cm³/mol. The topological polar surface area (TPSA) is 105 Å². The molecule has 0 saturated carbocycles. The van der Waals surface area contributed by atoms with Crippen LogP contribution in [0, 0.1) is 11.3 Å². The molecule has 0 unspecified atom stereocenters. The summed E-state index contributed by atoms with van der Waals surface area (Å²) in [7, 11) is 0. The second-order valence-corrected chi connectivity index (χ2v) is 6.20. The Morgan fingerprint density at radius 1 is 1.18 bits per heavy atom. The first kappa shape index (κ1) is 20.9. The highest BCUT2D eigenvalue weighted by molar-refractivity contribution is 6.32. The van der Waals surface area contributed by atoms with Gasteiger partial charge in [0.15, 0.2) is 18.5 Å². The monoisotopic (exact) mass is 400 g/mol. The molecule has 0 radical (unpaired) electrons. The van der Waals surface area contributed by atoms with Crippen LogP contribution >= 0.6 is 11.6 Å². The van der Waals surface area contributed by atoms with E-state index in [0.29, 0.717) is 17.0 Å². The number of carbonyl (C=O) groups is 3. The number of amides is 1. The summed E-state index contributed by atoms with van der Waals surface area (Å²) in [5.41, 5.74) is 1.19. The Labute approximate surface area is 166 Å². The molecular formula is C20H17ClN2O5. The Balaban J connectivity index is 1.84. The highest BCUT2D eigenvalue weighted by Gasteiger charge is 2.18. The molecule has 0 aromatic heterocycles. The zero-order valence-electron chi connectivity index (χ0n) is 15.2. The van der Waals surface area contributed by atoms with Crippen LogP contribution in [0.25, 0.3) is 0 Å². The molecule has 0 bridgehead atoms. The van der Waals surface area contributed by atoms with E-state index in [4.69, 9.17) is 26.3 Å². The quantitative estimate of drug-likeness (QED) is 0.564. The summed E-state index contributed by atoms with van der Waals surface area (Å²) < 4.78 is 10.3. The Bertz CT molecular complexity index is 935. The standard InChI is InChI=1S/C20H17ClN2O5/c1-12(24)14-4-7-17(8-5-14)27-11-19(25)28-13(2)20(26)23-16-6-3-15(10-22)18(21)9-16/h3-9,13H,11H2,1-2H3,(H,23,26)/t13-/m1/s1. The summed E-state index contributed by atoms with van der Waals surface area (Å²) in [6.07, 6.45) is -1.06. The highest BCUT2D eigenvalue weighted by Crippen LogP contribution is 2.20. The number of halogens is 1. The molecule has 1 atom stereocenters. The van der Waals surface area contributed by atoms with E-state index in [1.807, 2.05) is 6.07 Å². The van der Waals surface area contributed by atoms with Crippen LogP contribution in [0.3, 0.4) is 0 Å². The van der Waals surface area contributed by atoms with Crippen LogP contribution in [-0.2, 0) is 14.3 Å². The number of hydrogen-bond donors (Lipinski definition) is 1. The van der Waals surface area contributed by atoms with Gasteiger partial charge in [-0.25, -0.2) is 4.79 Å². The van der Waals surface area contributed by atoms with Crippen LogP contribution in [0.2, 0.25) is 5.02 Å². The second-order valence-electron chi connectivity index (χ2n) is 5.80. The summed E-state index contributed by atoms with van der Waals surface area (Å²) in [6, 6.07) is 12.6. The molecule has 8 heteroatoms. The largest absolute Gasteiger partial charge is 0.482 e. The van der Waals surface area contributed by atoms with E-state index >= 15 is 0 Å². The zero-order valence-corrected chi connectivity index (χ0v) is 15.9. The number of nitriles is 1. The molecule has 1 N–H and O–H groups in total. The average molecular weight is 401 g/mol. The van der Waals surface area contributed by atoms with Crippen molar-refractivity contribution >= 4 is 34.9 Å². The smallest absolute Gasteiger partial charge is 0.344 e. The van der Waals surface area contributed by atoms with Crippen molar-refractivity contribution in [1.82, 2.24) is 0 Å². The third-order valence-electron chi connectivity index (χ3n) is 3.65. The third-order valence-corrected chi connectivity index (χ3v) is 3.96. The van der Waals surface area contributed by atoms with Gasteiger partial charge in [0, 0.05) is 11.3 Å². The molecule has 2 aromatic rings. The summed E-state index contributed by atoms with van der Waals surface area (Å²) in [5, 5.41) is 11.6. The minimum Gasteiger partial charge on any atom is -0.482 e. The normalized spacial score (nSPS) is 11.1. The average Bonchev–Trinajstić information content (AvgIpc) is 2.66. The molecule has 2 rings (SSSR count). The number of benzene rings is 2.